The number of fused-ring (bicyclic) bond motifs is 3. The fraction of sp³-hybridized carbons (Fsp3) is 0.440. The van der Waals surface area contributed by atoms with Gasteiger partial charge in [-0.15, -0.1) is 0 Å². The van der Waals surface area contributed by atoms with Crippen LogP contribution in [0.15, 0.2) is 54.6 Å². The Morgan fingerprint density at radius 2 is 1.71 bits per heavy atom. The Balaban J connectivity index is 1.43. The highest BCUT2D eigenvalue weighted by molar-refractivity contribution is 5.97. The van der Waals surface area contributed by atoms with Gasteiger partial charge >= 0.3 is 0 Å². The zero-order chi connectivity index (χ0) is 21.4. The van der Waals surface area contributed by atoms with E-state index in [-0.39, 0.29) is 42.3 Å². The molecule has 1 N–H and O–H groups in total. The molecule has 3 aliphatic heterocycles. The molecule has 2 amide bonds. The van der Waals surface area contributed by atoms with Crippen LogP contribution in [-0.2, 0) is 20.7 Å². The molecule has 162 valence electrons. The molecule has 2 aromatic rings. The monoisotopic (exact) mass is 420 g/mol. The van der Waals surface area contributed by atoms with E-state index in [0.29, 0.717) is 26.2 Å². The van der Waals surface area contributed by atoms with Crippen LogP contribution in [0.1, 0.15) is 29.9 Å². The van der Waals surface area contributed by atoms with Gasteiger partial charge in [0.1, 0.15) is 0 Å². The Kier molecular flexibility index (Phi) is 5.50. The number of carbonyl (C=O) groups excluding carboxylic acids is 2. The van der Waals surface area contributed by atoms with Crippen molar-refractivity contribution in [3.63, 3.8) is 0 Å². The zero-order valence-electron chi connectivity index (χ0n) is 17.5. The number of hydrogen-bond acceptors (Lipinski definition) is 4. The molecule has 2 fully saturated rings. The van der Waals surface area contributed by atoms with Gasteiger partial charge in [-0.25, -0.2) is 0 Å². The number of nitrogens with zero attached hydrogens (tertiary/aromatic N) is 2. The van der Waals surface area contributed by atoms with Crippen LogP contribution in [-0.4, -0.2) is 60.3 Å². The molecule has 0 spiro atoms. The van der Waals surface area contributed by atoms with Gasteiger partial charge in [-0.1, -0.05) is 48.5 Å². The van der Waals surface area contributed by atoms with Gasteiger partial charge in [-0.05, 0) is 30.0 Å². The summed E-state index contributed by atoms with van der Waals surface area (Å²) in [6.45, 7) is 1.61. The molecule has 6 heteroatoms. The SMILES string of the molecule is O=C(Cc1ccccc1)N1C[C@H]2[C@@H](c3ccccc31)[C@H](CO)N2C(=O)C1CCOCC1. The summed E-state index contributed by atoms with van der Waals surface area (Å²) >= 11 is 0. The predicted molar refractivity (Wildman–Crippen MR) is 117 cm³/mol. The lowest BCUT2D eigenvalue weighted by atomic mass is 9.71. The first-order valence-corrected chi connectivity index (χ1v) is 11.1. The Bertz CT molecular complexity index is 957. The number of aliphatic hydroxyl groups is 1. The maximum Gasteiger partial charge on any atom is 0.231 e. The fourth-order valence-corrected chi connectivity index (χ4v) is 5.45. The summed E-state index contributed by atoms with van der Waals surface area (Å²) < 4.78 is 5.42. The molecule has 2 aromatic carbocycles. The quantitative estimate of drug-likeness (QED) is 0.825. The number of rotatable bonds is 4. The Labute approximate surface area is 182 Å². The normalized spacial score (nSPS) is 25.4. The van der Waals surface area contributed by atoms with Crippen molar-refractivity contribution in [1.29, 1.82) is 0 Å². The minimum Gasteiger partial charge on any atom is -0.394 e. The average Bonchev–Trinajstić information content (AvgIpc) is 2.80. The van der Waals surface area contributed by atoms with Gasteiger partial charge < -0.3 is 19.6 Å². The number of hydrogen-bond donors (Lipinski definition) is 1. The van der Waals surface area contributed by atoms with Gasteiger partial charge in [-0.2, -0.15) is 0 Å². The van der Waals surface area contributed by atoms with Crippen LogP contribution in [0.3, 0.4) is 0 Å². The first kappa shape index (κ1) is 20.2. The van der Waals surface area contributed by atoms with Crippen LogP contribution >= 0.6 is 0 Å². The molecule has 3 atom stereocenters. The average molecular weight is 421 g/mol. The summed E-state index contributed by atoms with van der Waals surface area (Å²) in [5, 5.41) is 10.1. The molecule has 0 aromatic heterocycles. The first-order valence-electron chi connectivity index (χ1n) is 11.1. The summed E-state index contributed by atoms with van der Waals surface area (Å²) in [7, 11) is 0. The predicted octanol–water partition coefficient (Wildman–Crippen LogP) is 2.36. The molecule has 2 saturated heterocycles. The van der Waals surface area contributed by atoms with E-state index in [1.807, 2.05) is 64.4 Å². The molecule has 0 unspecified atom stereocenters. The van der Waals surface area contributed by atoms with Crippen molar-refractivity contribution in [1.82, 2.24) is 4.90 Å². The number of carbonyl (C=O) groups is 2. The zero-order valence-corrected chi connectivity index (χ0v) is 17.5. The van der Waals surface area contributed by atoms with Crippen molar-refractivity contribution in [2.75, 3.05) is 31.3 Å². The van der Waals surface area contributed by atoms with Crippen molar-refractivity contribution >= 4 is 17.5 Å². The summed E-state index contributed by atoms with van der Waals surface area (Å²) in [6.07, 6.45) is 1.76. The van der Waals surface area contributed by atoms with E-state index in [0.717, 1.165) is 29.7 Å². The number of benzene rings is 2. The van der Waals surface area contributed by atoms with Crippen molar-refractivity contribution < 1.29 is 19.4 Å². The van der Waals surface area contributed by atoms with Gasteiger partial charge in [0.25, 0.3) is 0 Å². The number of amides is 2. The number of aliphatic hydroxyl groups excluding tert-OH is 1. The lowest BCUT2D eigenvalue weighted by molar-refractivity contribution is -0.158. The van der Waals surface area contributed by atoms with Crippen LogP contribution in [0.4, 0.5) is 5.69 Å². The van der Waals surface area contributed by atoms with E-state index >= 15 is 0 Å². The minimum absolute atomic E-state index is 0.0306. The number of para-hydroxylation sites is 1. The molecule has 3 aliphatic rings. The van der Waals surface area contributed by atoms with Gasteiger partial charge in [0.05, 0.1) is 25.1 Å². The third kappa shape index (κ3) is 3.54. The smallest absolute Gasteiger partial charge is 0.231 e. The van der Waals surface area contributed by atoms with E-state index in [1.54, 1.807) is 0 Å². The third-order valence-corrected chi connectivity index (χ3v) is 7.01. The molecular weight excluding hydrogens is 392 g/mol. The molecule has 31 heavy (non-hydrogen) atoms. The van der Waals surface area contributed by atoms with Gasteiger partial charge in [-0.3, -0.25) is 9.59 Å². The molecule has 0 bridgehead atoms. The Morgan fingerprint density at radius 1 is 1.00 bits per heavy atom. The number of ether oxygens (including phenoxy) is 1. The lowest BCUT2D eigenvalue weighted by Crippen LogP contribution is -2.71. The number of anilines is 1. The van der Waals surface area contributed by atoms with Crippen LogP contribution in [0, 0.1) is 5.92 Å². The molecule has 5 rings (SSSR count). The maximum absolute atomic E-state index is 13.3. The number of likely N-dealkylation sites (tertiary alicyclic amines) is 1. The summed E-state index contributed by atoms with van der Waals surface area (Å²) in [5.41, 5.74) is 2.93. The van der Waals surface area contributed by atoms with E-state index in [9.17, 15) is 14.7 Å². The standard InChI is InChI=1S/C25H28N2O4/c28-16-22-24-19-8-4-5-9-20(19)26(23(29)14-17-6-2-1-3-7-17)15-21(24)27(22)25(30)18-10-12-31-13-11-18/h1-9,18,21-22,24,28H,10-16H2/t21-,22-,24+/m0/s1. The second-order valence-corrected chi connectivity index (χ2v) is 8.70. The largest absolute Gasteiger partial charge is 0.394 e. The molecule has 3 heterocycles. The Hall–Kier alpha value is -2.70. The van der Waals surface area contributed by atoms with Crippen LogP contribution in [0.5, 0.6) is 0 Å². The second-order valence-electron chi connectivity index (χ2n) is 8.70. The highest BCUT2D eigenvalue weighted by Gasteiger charge is 2.55. The van der Waals surface area contributed by atoms with E-state index in [2.05, 4.69) is 0 Å². The fourth-order valence-electron chi connectivity index (χ4n) is 5.45. The Morgan fingerprint density at radius 3 is 2.45 bits per heavy atom. The highest BCUT2D eigenvalue weighted by Crippen LogP contribution is 2.49. The van der Waals surface area contributed by atoms with Crippen molar-refractivity contribution in [2.45, 2.75) is 37.3 Å². The van der Waals surface area contributed by atoms with E-state index < -0.39 is 0 Å². The van der Waals surface area contributed by atoms with Crippen molar-refractivity contribution in [3.8, 4) is 0 Å². The molecule has 0 saturated carbocycles. The van der Waals surface area contributed by atoms with Crippen LogP contribution in [0.2, 0.25) is 0 Å². The van der Waals surface area contributed by atoms with Crippen LogP contribution in [0.25, 0.3) is 0 Å². The van der Waals surface area contributed by atoms with Gasteiger partial charge in [0.15, 0.2) is 0 Å². The molecule has 0 aliphatic carbocycles. The van der Waals surface area contributed by atoms with E-state index in [1.165, 1.54) is 0 Å². The second kappa shape index (κ2) is 8.44. The third-order valence-electron chi connectivity index (χ3n) is 7.01. The van der Waals surface area contributed by atoms with Crippen molar-refractivity contribution in [3.05, 3.63) is 65.7 Å². The highest BCUT2D eigenvalue weighted by atomic mass is 16.5. The van der Waals surface area contributed by atoms with Gasteiger partial charge in [0, 0.05) is 37.3 Å². The lowest BCUT2D eigenvalue weighted by Gasteiger charge is -2.59. The van der Waals surface area contributed by atoms with Crippen LogP contribution < -0.4 is 4.90 Å². The van der Waals surface area contributed by atoms with E-state index in [4.69, 9.17) is 4.74 Å². The van der Waals surface area contributed by atoms with Crippen molar-refractivity contribution in [2.24, 2.45) is 5.92 Å². The molecule has 0 radical (unpaired) electrons. The molecular formula is C25H28N2O4. The van der Waals surface area contributed by atoms with Gasteiger partial charge in [0.2, 0.25) is 11.8 Å². The topological polar surface area (TPSA) is 70.1 Å². The maximum atomic E-state index is 13.3. The first-order chi connectivity index (χ1) is 15.2. The molecule has 6 nitrogen and oxygen atoms in total. The summed E-state index contributed by atoms with van der Waals surface area (Å²) in [4.78, 5) is 30.3. The minimum atomic E-state index is -0.229. The summed E-state index contributed by atoms with van der Waals surface area (Å²) in [6, 6.07) is 17.3. The summed E-state index contributed by atoms with van der Waals surface area (Å²) in [5.74, 6) is 0.126.